The van der Waals surface area contributed by atoms with E-state index in [0.29, 0.717) is 17.4 Å². The van der Waals surface area contributed by atoms with Gasteiger partial charge in [-0.3, -0.25) is 0 Å². The molecule has 112 valence electrons. The molecular weight excluding hydrogens is 264 g/mol. The largest absolute Gasteiger partial charge is 0.493 e. The molecule has 0 radical (unpaired) electrons. The zero-order valence-corrected chi connectivity index (χ0v) is 13.1. The summed E-state index contributed by atoms with van der Waals surface area (Å²) >= 11 is 0. The summed E-state index contributed by atoms with van der Waals surface area (Å²) < 4.78 is 11.3. The Kier molecular flexibility index (Phi) is 5.17. The molecule has 1 aromatic heterocycles. The Morgan fingerprint density at radius 2 is 1.95 bits per heavy atom. The molecule has 0 unspecified atom stereocenters. The summed E-state index contributed by atoms with van der Waals surface area (Å²) in [6, 6.07) is 9.90. The van der Waals surface area contributed by atoms with Gasteiger partial charge in [-0.05, 0) is 49.7 Å². The van der Waals surface area contributed by atoms with E-state index in [4.69, 9.17) is 9.47 Å². The van der Waals surface area contributed by atoms with E-state index in [9.17, 15) is 0 Å². The van der Waals surface area contributed by atoms with Crippen molar-refractivity contribution in [3.05, 3.63) is 47.2 Å². The number of nitrogens with one attached hydrogen (secondary N) is 1. The van der Waals surface area contributed by atoms with Gasteiger partial charge in [0.1, 0.15) is 0 Å². The van der Waals surface area contributed by atoms with E-state index in [0.717, 1.165) is 29.8 Å². The molecule has 0 saturated carbocycles. The molecular formula is C17H22N2O2. The van der Waals surface area contributed by atoms with Crippen LogP contribution in [0.2, 0.25) is 0 Å². The average molecular weight is 286 g/mol. The Hall–Kier alpha value is -2.07. The summed E-state index contributed by atoms with van der Waals surface area (Å²) in [7, 11) is 3.57. The molecule has 2 aromatic rings. The number of aryl methyl sites for hydroxylation is 2. The highest BCUT2D eigenvalue weighted by atomic mass is 16.5. The fourth-order valence-corrected chi connectivity index (χ4v) is 2.13. The number of hydrogen-bond acceptors (Lipinski definition) is 4. The number of pyridine rings is 1. The second-order valence-electron chi connectivity index (χ2n) is 4.95. The lowest BCUT2D eigenvalue weighted by atomic mass is 10.2. The molecule has 0 fully saturated rings. The molecule has 1 heterocycles. The first-order valence-corrected chi connectivity index (χ1v) is 7.13. The van der Waals surface area contributed by atoms with Crippen LogP contribution in [0.3, 0.4) is 0 Å². The minimum absolute atomic E-state index is 0.599. The van der Waals surface area contributed by atoms with Crippen LogP contribution in [0.25, 0.3) is 0 Å². The molecule has 4 heteroatoms. The number of hydrogen-bond donors (Lipinski definition) is 1. The fraction of sp³-hybridized carbons (Fsp3) is 0.353. The van der Waals surface area contributed by atoms with E-state index in [1.807, 2.05) is 38.2 Å². The summed E-state index contributed by atoms with van der Waals surface area (Å²) in [5, 5.41) is 3.15. The molecule has 0 aliphatic carbocycles. The molecule has 0 aliphatic rings. The quantitative estimate of drug-likeness (QED) is 0.883. The van der Waals surface area contributed by atoms with Crippen LogP contribution in [0.1, 0.15) is 23.7 Å². The minimum Gasteiger partial charge on any atom is -0.493 e. The Bertz CT molecular complexity index is 612. The SMILES string of the molecule is CCc1cc(CNC)cc(Oc2ccc(C)cc2OC)n1. The fourth-order valence-electron chi connectivity index (χ4n) is 2.13. The van der Waals surface area contributed by atoms with Crippen molar-refractivity contribution >= 4 is 0 Å². The lowest BCUT2D eigenvalue weighted by Crippen LogP contribution is -2.06. The van der Waals surface area contributed by atoms with E-state index in [1.165, 1.54) is 0 Å². The van der Waals surface area contributed by atoms with E-state index in [2.05, 4.69) is 23.3 Å². The third-order valence-electron chi connectivity index (χ3n) is 3.19. The third-order valence-corrected chi connectivity index (χ3v) is 3.19. The summed E-state index contributed by atoms with van der Waals surface area (Å²) in [6.07, 6.45) is 0.874. The summed E-state index contributed by atoms with van der Waals surface area (Å²) in [6.45, 7) is 4.89. The Labute approximate surface area is 126 Å². The summed E-state index contributed by atoms with van der Waals surface area (Å²) in [5.74, 6) is 2.00. The maximum absolute atomic E-state index is 5.92. The topological polar surface area (TPSA) is 43.4 Å². The summed E-state index contributed by atoms with van der Waals surface area (Å²) in [5.41, 5.74) is 3.31. The Balaban J connectivity index is 2.32. The van der Waals surface area contributed by atoms with Crippen molar-refractivity contribution < 1.29 is 9.47 Å². The predicted molar refractivity (Wildman–Crippen MR) is 84.2 cm³/mol. The van der Waals surface area contributed by atoms with Crippen molar-refractivity contribution in [3.8, 4) is 17.4 Å². The maximum Gasteiger partial charge on any atom is 0.219 e. The highest BCUT2D eigenvalue weighted by Crippen LogP contribution is 2.31. The van der Waals surface area contributed by atoms with Crippen molar-refractivity contribution in [1.82, 2.24) is 10.3 Å². The molecule has 2 rings (SSSR count). The smallest absolute Gasteiger partial charge is 0.219 e. The predicted octanol–water partition coefficient (Wildman–Crippen LogP) is 3.47. The van der Waals surface area contributed by atoms with Crippen molar-refractivity contribution in [2.75, 3.05) is 14.2 Å². The van der Waals surface area contributed by atoms with E-state index in [-0.39, 0.29) is 0 Å². The second-order valence-corrected chi connectivity index (χ2v) is 4.95. The van der Waals surface area contributed by atoms with Gasteiger partial charge < -0.3 is 14.8 Å². The molecule has 0 aliphatic heterocycles. The van der Waals surface area contributed by atoms with Crippen LogP contribution in [0.4, 0.5) is 0 Å². The van der Waals surface area contributed by atoms with Crippen LogP contribution in [0.15, 0.2) is 30.3 Å². The van der Waals surface area contributed by atoms with Crippen LogP contribution in [-0.4, -0.2) is 19.1 Å². The van der Waals surface area contributed by atoms with Gasteiger partial charge in [0.25, 0.3) is 0 Å². The molecule has 0 spiro atoms. The maximum atomic E-state index is 5.92. The van der Waals surface area contributed by atoms with Crippen molar-refractivity contribution in [1.29, 1.82) is 0 Å². The monoisotopic (exact) mass is 286 g/mol. The number of ether oxygens (including phenoxy) is 2. The minimum atomic E-state index is 0.599. The van der Waals surface area contributed by atoms with Gasteiger partial charge in [0.2, 0.25) is 5.88 Å². The van der Waals surface area contributed by atoms with Gasteiger partial charge in [0, 0.05) is 18.3 Å². The van der Waals surface area contributed by atoms with Crippen LogP contribution in [0, 0.1) is 6.92 Å². The van der Waals surface area contributed by atoms with Crippen molar-refractivity contribution in [2.45, 2.75) is 26.8 Å². The Morgan fingerprint density at radius 1 is 1.14 bits per heavy atom. The van der Waals surface area contributed by atoms with Gasteiger partial charge in [-0.2, -0.15) is 0 Å². The third kappa shape index (κ3) is 3.95. The zero-order valence-electron chi connectivity index (χ0n) is 13.1. The molecule has 0 amide bonds. The van der Waals surface area contributed by atoms with E-state index < -0.39 is 0 Å². The van der Waals surface area contributed by atoms with E-state index in [1.54, 1.807) is 7.11 Å². The molecule has 1 aromatic carbocycles. The standard InChI is InChI=1S/C17H22N2O2/c1-5-14-9-13(11-18-3)10-17(19-14)21-15-7-6-12(2)8-16(15)20-4/h6-10,18H,5,11H2,1-4H3. The first kappa shape index (κ1) is 15.3. The number of rotatable bonds is 6. The van der Waals surface area contributed by atoms with Gasteiger partial charge in [-0.15, -0.1) is 0 Å². The van der Waals surface area contributed by atoms with Crippen molar-refractivity contribution in [2.24, 2.45) is 0 Å². The number of benzene rings is 1. The normalized spacial score (nSPS) is 10.5. The molecule has 4 nitrogen and oxygen atoms in total. The van der Waals surface area contributed by atoms with Gasteiger partial charge in [-0.1, -0.05) is 13.0 Å². The molecule has 21 heavy (non-hydrogen) atoms. The number of nitrogens with zero attached hydrogens (tertiary/aromatic N) is 1. The first-order valence-electron chi connectivity index (χ1n) is 7.13. The molecule has 0 saturated heterocycles. The second kappa shape index (κ2) is 7.09. The molecule has 1 N–H and O–H groups in total. The Morgan fingerprint density at radius 3 is 2.62 bits per heavy atom. The number of aromatic nitrogens is 1. The van der Waals surface area contributed by atoms with Crippen molar-refractivity contribution in [3.63, 3.8) is 0 Å². The first-order chi connectivity index (χ1) is 10.2. The highest BCUT2D eigenvalue weighted by molar-refractivity contribution is 5.44. The van der Waals surface area contributed by atoms with Gasteiger partial charge >= 0.3 is 0 Å². The van der Waals surface area contributed by atoms with Gasteiger partial charge in [0.15, 0.2) is 11.5 Å². The zero-order chi connectivity index (χ0) is 15.2. The highest BCUT2D eigenvalue weighted by Gasteiger charge is 2.08. The van der Waals surface area contributed by atoms with Gasteiger partial charge in [0.05, 0.1) is 7.11 Å². The van der Waals surface area contributed by atoms with Crippen LogP contribution in [-0.2, 0) is 13.0 Å². The lowest BCUT2D eigenvalue weighted by Gasteiger charge is -2.12. The number of methoxy groups -OCH3 is 1. The average Bonchev–Trinajstić information content (AvgIpc) is 2.49. The summed E-state index contributed by atoms with van der Waals surface area (Å²) in [4.78, 5) is 4.52. The van der Waals surface area contributed by atoms with Crippen LogP contribution < -0.4 is 14.8 Å². The lowest BCUT2D eigenvalue weighted by molar-refractivity contribution is 0.373. The molecule has 0 atom stereocenters. The van der Waals surface area contributed by atoms with Gasteiger partial charge in [-0.25, -0.2) is 4.98 Å². The van der Waals surface area contributed by atoms with Crippen LogP contribution in [0.5, 0.6) is 17.4 Å². The molecule has 0 bridgehead atoms. The van der Waals surface area contributed by atoms with Crippen LogP contribution >= 0.6 is 0 Å². The van der Waals surface area contributed by atoms with E-state index >= 15 is 0 Å².